The minimum absolute atomic E-state index is 0.0959. The minimum Gasteiger partial charge on any atom is -0.340 e. The van der Waals surface area contributed by atoms with E-state index in [-0.39, 0.29) is 5.91 Å². The Bertz CT molecular complexity index is 642. The first-order valence-electron chi connectivity index (χ1n) is 6.94. The molecule has 0 bridgehead atoms. The monoisotopic (exact) mass is 305 g/mol. The van der Waals surface area contributed by atoms with Gasteiger partial charge in [0.15, 0.2) is 0 Å². The summed E-state index contributed by atoms with van der Waals surface area (Å²) in [5, 5.41) is 2.17. The van der Waals surface area contributed by atoms with Gasteiger partial charge in [0, 0.05) is 19.0 Å². The highest BCUT2D eigenvalue weighted by Gasteiger charge is 2.15. The number of pyridine rings is 1. The number of hydrogen-bond donors (Lipinski definition) is 0. The molecule has 0 N–H and O–H groups in total. The van der Waals surface area contributed by atoms with Crippen molar-refractivity contribution in [1.29, 1.82) is 0 Å². The van der Waals surface area contributed by atoms with Gasteiger partial charge in [-0.25, -0.2) is 4.98 Å². The summed E-state index contributed by atoms with van der Waals surface area (Å²) in [4.78, 5) is 20.4. The highest BCUT2D eigenvalue weighted by atomic mass is 35.5. The van der Waals surface area contributed by atoms with Gasteiger partial charge in [0.25, 0.3) is 5.91 Å². The fourth-order valence-corrected chi connectivity index (χ4v) is 2.45. The van der Waals surface area contributed by atoms with E-state index in [1.807, 2.05) is 38.4 Å². The Morgan fingerprint density at radius 3 is 2.62 bits per heavy atom. The maximum atomic E-state index is 12.4. The number of aromatic nitrogens is 1. The van der Waals surface area contributed by atoms with Crippen LogP contribution in [0.4, 0.5) is 0 Å². The van der Waals surface area contributed by atoms with Crippen LogP contribution in [0.15, 0.2) is 30.3 Å². The van der Waals surface area contributed by atoms with Gasteiger partial charge < -0.3 is 9.80 Å². The number of nitrogens with zero attached hydrogens (tertiary/aromatic N) is 3. The molecule has 0 aliphatic rings. The Kier molecular flexibility index (Phi) is 5.15. The molecule has 4 nitrogen and oxygen atoms in total. The number of halogens is 1. The molecule has 1 amide bonds. The van der Waals surface area contributed by atoms with E-state index in [9.17, 15) is 4.79 Å². The first kappa shape index (κ1) is 15.7. The van der Waals surface area contributed by atoms with Crippen molar-refractivity contribution in [2.45, 2.75) is 6.42 Å². The van der Waals surface area contributed by atoms with E-state index >= 15 is 0 Å². The van der Waals surface area contributed by atoms with Crippen molar-refractivity contribution in [3.05, 3.63) is 41.2 Å². The molecule has 0 aliphatic heterocycles. The molecule has 1 aromatic carbocycles. The molecule has 21 heavy (non-hydrogen) atoms. The van der Waals surface area contributed by atoms with Crippen LogP contribution in [0.2, 0.25) is 5.15 Å². The van der Waals surface area contributed by atoms with Crippen LogP contribution in [-0.4, -0.2) is 54.9 Å². The van der Waals surface area contributed by atoms with Gasteiger partial charge in [0.05, 0.1) is 0 Å². The summed E-state index contributed by atoms with van der Waals surface area (Å²) in [7, 11) is 5.84. The van der Waals surface area contributed by atoms with Crippen molar-refractivity contribution in [3.8, 4) is 0 Å². The van der Waals surface area contributed by atoms with Crippen LogP contribution < -0.4 is 0 Å². The van der Waals surface area contributed by atoms with Crippen molar-refractivity contribution in [3.63, 3.8) is 0 Å². The van der Waals surface area contributed by atoms with Crippen molar-refractivity contribution in [2.75, 3.05) is 34.2 Å². The molecule has 0 radical (unpaired) electrons. The molecule has 0 unspecified atom stereocenters. The smallest absolute Gasteiger partial charge is 0.272 e. The molecule has 0 saturated heterocycles. The number of fused-ring (bicyclic) bond motifs is 1. The summed E-state index contributed by atoms with van der Waals surface area (Å²) in [6.07, 6.45) is 0.927. The van der Waals surface area contributed by atoms with Crippen molar-refractivity contribution in [1.82, 2.24) is 14.8 Å². The summed E-state index contributed by atoms with van der Waals surface area (Å²) in [5.41, 5.74) is 0.394. The summed E-state index contributed by atoms with van der Waals surface area (Å²) < 4.78 is 0. The molecule has 0 atom stereocenters. The maximum Gasteiger partial charge on any atom is 0.272 e. The second-order valence-corrected chi connectivity index (χ2v) is 5.76. The van der Waals surface area contributed by atoms with Crippen LogP contribution in [0.3, 0.4) is 0 Å². The van der Waals surface area contributed by atoms with Crippen LogP contribution in [0.5, 0.6) is 0 Å². The van der Waals surface area contributed by atoms with Gasteiger partial charge in [-0.2, -0.15) is 0 Å². The molecule has 112 valence electrons. The zero-order valence-corrected chi connectivity index (χ0v) is 13.4. The lowest BCUT2D eigenvalue weighted by Crippen LogP contribution is -2.30. The third-order valence-electron chi connectivity index (χ3n) is 3.36. The second-order valence-electron chi connectivity index (χ2n) is 5.40. The van der Waals surface area contributed by atoms with Crippen molar-refractivity contribution >= 4 is 28.3 Å². The number of hydrogen-bond acceptors (Lipinski definition) is 3. The first-order chi connectivity index (χ1) is 9.99. The summed E-state index contributed by atoms with van der Waals surface area (Å²) >= 11 is 6.17. The predicted octanol–water partition coefficient (Wildman–Crippen LogP) is 2.91. The van der Waals surface area contributed by atoms with E-state index in [0.717, 1.165) is 23.7 Å². The number of carbonyl (C=O) groups is 1. The zero-order valence-electron chi connectivity index (χ0n) is 12.6. The average molecular weight is 306 g/mol. The Balaban J connectivity index is 2.15. The van der Waals surface area contributed by atoms with Gasteiger partial charge in [-0.1, -0.05) is 35.9 Å². The molecular formula is C16H20ClN3O. The summed E-state index contributed by atoms with van der Waals surface area (Å²) in [6.45, 7) is 1.65. The summed E-state index contributed by atoms with van der Waals surface area (Å²) in [5.74, 6) is -0.0959. The van der Waals surface area contributed by atoms with E-state index < -0.39 is 0 Å². The first-order valence-corrected chi connectivity index (χ1v) is 7.32. The maximum absolute atomic E-state index is 12.4. The Morgan fingerprint density at radius 1 is 1.19 bits per heavy atom. The molecule has 5 heteroatoms. The van der Waals surface area contributed by atoms with Crippen LogP contribution in [0.25, 0.3) is 10.8 Å². The van der Waals surface area contributed by atoms with Gasteiger partial charge in [0.1, 0.15) is 10.8 Å². The predicted molar refractivity (Wildman–Crippen MR) is 86.9 cm³/mol. The Morgan fingerprint density at radius 2 is 1.90 bits per heavy atom. The molecule has 0 aliphatic carbocycles. The SMILES string of the molecule is CN(C)CCCN(C)C(=O)c1cc2ccccc2c(Cl)n1. The fraction of sp³-hybridized carbons (Fsp3) is 0.375. The van der Waals surface area contributed by atoms with Crippen LogP contribution >= 0.6 is 11.6 Å². The Labute approximate surface area is 130 Å². The second kappa shape index (κ2) is 6.87. The lowest BCUT2D eigenvalue weighted by molar-refractivity contribution is 0.0785. The molecule has 1 heterocycles. The van der Waals surface area contributed by atoms with Crippen LogP contribution in [-0.2, 0) is 0 Å². The van der Waals surface area contributed by atoms with E-state index in [1.165, 1.54) is 0 Å². The van der Waals surface area contributed by atoms with Gasteiger partial charge in [-0.3, -0.25) is 4.79 Å². The van der Waals surface area contributed by atoms with Crippen molar-refractivity contribution < 1.29 is 4.79 Å². The van der Waals surface area contributed by atoms with Gasteiger partial charge >= 0.3 is 0 Å². The molecule has 1 aromatic heterocycles. The van der Waals surface area contributed by atoms with E-state index in [2.05, 4.69) is 9.88 Å². The minimum atomic E-state index is -0.0959. The number of rotatable bonds is 5. The lowest BCUT2D eigenvalue weighted by atomic mass is 10.1. The van der Waals surface area contributed by atoms with Crippen LogP contribution in [0, 0.1) is 0 Å². The molecule has 0 fully saturated rings. The zero-order chi connectivity index (χ0) is 15.4. The number of benzene rings is 1. The number of carbonyl (C=O) groups excluding carboxylic acids is 1. The van der Waals surface area contributed by atoms with Crippen molar-refractivity contribution in [2.24, 2.45) is 0 Å². The average Bonchev–Trinajstić information content (AvgIpc) is 2.46. The fourth-order valence-electron chi connectivity index (χ4n) is 2.19. The third kappa shape index (κ3) is 3.93. The molecule has 0 spiro atoms. The van der Waals surface area contributed by atoms with E-state index in [4.69, 9.17) is 11.6 Å². The largest absolute Gasteiger partial charge is 0.340 e. The lowest BCUT2D eigenvalue weighted by Gasteiger charge is -2.18. The molecule has 0 saturated carbocycles. The molecule has 2 aromatic rings. The summed E-state index contributed by atoms with van der Waals surface area (Å²) in [6, 6.07) is 9.47. The third-order valence-corrected chi connectivity index (χ3v) is 3.65. The molecular weight excluding hydrogens is 286 g/mol. The van der Waals surface area contributed by atoms with Gasteiger partial charge in [-0.15, -0.1) is 0 Å². The van der Waals surface area contributed by atoms with Gasteiger partial charge in [-0.05, 0) is 38.5 Å². The normalized spacial score (nSPS) is 11.1. The van der Waals surface area contributed by atoms with Gasteiger partial charge in [0.2, 0.25) is 0 Å². The van der Waals surface area contributed by atoms with Crippen LogP contribution in [0.1, 0.15) is 16.9 Å². The highest BCUT2D eigenvalue weighted by molar-refractivity contribution is 6.34. The quantitative estimate of drug-likeness (QED) is 0.797. The van der Waals surface area contributed by atoms with E-state index in [0.29, 0.717) is 17.4 Å². The molecule has 2 rings (SSSR count). The van der Waals surface area contributed by atoms with E-state index in [1.54, 1.807) is 18.0 Å². The number of amides is 1. The standard InChI is InChI=1S/C16H20ClN3O/c1-19(2)9-6-10-20(3)16(21)14-11-12-7-4-5-8-13(12)15(17)18-14/h4-5,7-8,11H,6,9-10H2,1-3H3. The Hall–Kier alpha value is -1.65. The highest BCUT2D eigenvalue weighted by Crippen LogP contribution is 2.22. The topological polar surface area (TPSA) is 36.4 Å².